The number of fused-ring (bicyclic) bond motifs is 1. The number of nitrogens with zero attached hydrogens (tertiary/aromatic N) is 2. The average Bonchev–Trinajstić information content (AvgIpc) is 2.91. The van der Waals surface area contributed by atoms with Crippen molar-refractivity contribution in [2.45, 2.75) is 26.8 Å². The lowest BCUT2D eigenvalue weighted by Gasteiger charge is -2.26. The van der Waals surface area contributed by atoms with Gasteiger partial charge in [-0.1, -0.05) is 18.2 Å². The van der Waals surface area contributed by atoms with E-state index in [9.17, 15) is 14.4 Å². The van der Waals surface area contributed by atoms with Crippen molar-refractivity contribution in [1.29, 1.82) is 0 Å². The molecule has 1 aliphatic rings. The van der Waals surface area contributed by atoms with Crippen molar-refractivity contribution in [3.05, 3.63) is 64.7 Å². The first-order valence-electron chi connectivity index (χ1n) is 9.22. The summed E-state index contributed by atoms with van der Waals surface area (Å²) in [7, 11) is 1.64. The second-order valence-electron chi connectivity index (χ2n) is 7.13. The van der Waals surface area contributed by atoms with Crippen molar-refractivity contribution in [1.82, 2.24) is 9.80 Å². The number of aryl methyl sites for hydroxylation is 2. The first kappa shape index (κ1) is 19.6. The fourth-order valence-corrected chi connectivity index (χ4v) is 3.42. The molecular weight excluding hydrogens is 356 g/mol. The van der Waals surface area contributed by atoms with Crippen LogP contribution in [0.5, 0.6) is 5.75 Å². The van der Waals surface area contributed by atoms with Gasteiger partial charge in [-0.05, 0) is 56.2 Å². The third kappa shape index (κ3) is 3.76. The van der Waals surface area contributed by atoms with Crippen LogP contribution in [-0.4, -0.2) is 53.8 Å². The smallest absolute Gasteiger partial charge is 0.262 e. The zero-order valence-corrected chi connectivity index (χ0v) is 16.6. The molecule has 1 unspecified atom stereocenters. The van der Waals surface area contributed by atoms with Crippen LogP contribution in [0, 0.1) is 13.8 Å². The molecule has 0 spiro atoms. The largest absolute Gasteiger partial charge is 0.492 e. The molecule has 0 fully saturated rings. The lowest BCUT2D eigenvalue weighted by molar-refractivity contribution is -0.133. The van der Waals surface area contributed by atoms with Crippen molar-refractivity contribution in [2.24, 2.45) is 0 Å². The first-order valence-corrected chi connectivity index (χ1v) is 9.22. The molecule has 0 saturated heterocycles. The average molecular weight is 380 g/mol. The van der Waals surface area contributed by atoms with Gasteiger partial charge in [0.1, 0.15) is 18.4 Å². The fourth-order valence-electron chi connectivity index (χ4n) is 3.42. The lowest BCUT2D eigenvalue weighted by atomic mass is 10.1. The van der Waals surface area contributed by atoms with Gasteiger partial charge in [-0.15, -0.1) is 0 Å². The second kappa shape index (κ2) is 7.84. The van der Waals surface area contributed by atoms with E-state index in [0.717, 1.165) is 21.8 Å². The summed E-state index contributed by atoms with van der Waals surface area (Å²) < 4.78 is 5.75. The van der Waals surface area contributed by atoms with Crippen LogP contribution in [-0.2, 0) is 4.79 Å². The molecule has 0 aliphatic carbocycles. The van der Waals surface area contributed by atoms with Crippen molar-refractivity contribution in [2.75, 3.05) is 20.2 Å². The highest BCUT2D eigenvalue weighted by atomic mass is 16.5. The minimum absolute atomic E-state index is 0.307. The monoisotopic (exact) mass is 380 g/mol. The van der Waals surface area contributed by atoms with Gasteiger partial charge in [0.25, 0.3) is 11.8 Å². The van der Waals surface area contributed by atoms with E-state index in [1.165, 1.54) is 4.90 Å². The number of carbonyl (C=O) groups excluding carboxylic acids is 3. The Balaban J connectivity index is 1.60. The van der Waals surface area contributed by atoms with E-state index < -0.39 is 17.9 Å². The Kier molecular flexibility index (Phi) is 5.49. The Morgan fingerprint density at radius 2 is 1.57 bits per heavy atom. The lowest BCUT2D eigenvalue weighted by Crippen LogP contribution is -2.49. The van der Waals surface area contributed by atoms with Gasteiger partial charge in [-0.2, -0.15) is 0 Å². The highest BCUT2D eigenvalue weighted by Crippen LogP contribution is 2.25. The normalized spacial score (nSPS) is 14.1. The van der Waals surface area contributed by atoms with Crippen LogP contribution in [0.4, 0.5) is 0 Å². The number of imide groups is 1. The van der Waals surface area contributed by atoms with Crippen LogP contribution in [0.2, 0.25) is 0 Å². The number of rotatable bonds is 6. The Bertz CT molecular complexity index is 883. The number of hydrogen-bond acceptors (Lipinski definition) is 4. The minimum atomic E-state index is -0.876. The maximum Gasteiger partial charge on any atom is 0.262 e. The van der Waals surface area contributed by atoms with Crippen LogP contribution in [0.1, 0.15) is 38.8 Å². The molecule has 0 radical (unpaired) electrons. The number of hydrogen-bond donors (Lipinski definition) is 0. The summed E-state index contributed by atoms with van der Waals surface area (Å²) in [5.41, 5.74) is 2.90. The summed E-state index contributed by atoms with van der Waals surface area (Å²) in [4.78, 5) is 40.4. The van der Waals surface area contributed by atoms with Crippen molar-refractivity contribution >= 4 is 17.7 Å². The van der Waals surface area contributed by atoms with Crippen molar-refractivity contribution < 1.29 is 19.1 Å². The molecule has 0 aromatic heterocycles. The van der Waals surface area contributed by atoms with E-state index >= 15 is 0 Å². The molecule has 1 heterocycles. The maximum absolute atomic E-state index is 12.7. The SMILES string of the molecule is Cc1cc(C)cc(OCCN(C)C(=O)C(C)N2C(=O)c3ccccc3C2=O)c1. The first-order chi connectivity index (χ1) is 13.3. The summed E-state index contributed by atoms with van der Waals surface area (Å²) in [5, 5.41) is 0. The third-order valence-electron chi connectivity index (χ3n) is 4.84. The molecule has 0 saturated carbocycles. The van der Waals surface area contributed by atoms with Gasteiger partial charge in [0.15, 0.2) is 0 Å². The molecule has 6 nitrogen and oxygen atoms in total. The van der Waals surface area contributed by atoms with Crippen molar-refractivity contribution in [3.63, 3.8) is 0 Å². The van der Waals surface area contributed by atoms with E-state index in [1.807, 2.05) is 26.0 Å². The Labute approximate surface area is 164 Å². The van der Waals surface area contributed by atoms with Crippen LogP contribution in [0.3, 0.4) is 0 Å². The standard InChI is InChI=1S/C22H24N2O4/c1-14-11-15(2)13-17(12-14)28-10-9-23(4)20(25)16(3)24-21(26)18-7-5-6-8-19(18)22(24)27/h5-8,11-13,16H,9-10H2,1-4H3. The molecule has 0 N–H and O–H groups in total. The zero-order valence-electron chi connectivity index (χ0n) is 16.6. The number of ether oxygens (including phenoxy) is 1. The van der Waals surface area contributed by atoms with E-state index in [4.69, 9.17) is 4.74 Å². The van der Waals surface area contributed by atoms with E-state index in [1.54, 1.807) is 38.2 Å². The molecule has 3 rings (SSSR count). The molecule has 28 heavy (non-hydrogen) atoms. The summed E-state index contributed by atoms with van der Waals surface area (Å²) in [6.07, 6.45) is 0. The summed E-state index contributed by atoms with van der Waals surface area (Å²) in [6.45, 7) is 6.24. The van der Waals surface area contributed by atoms with Crippen LogP contribution < -0.4 is 4.74 Å². The third-order valence-corrected chi connectivity index (χ3v) is 4.84. The van der Waals surface area contributed by atoms with E-state index in [0.29, 0.717) is 24.3 Å². The molecule has 2 aromatic carbocycles. The van der Waals surface area contributed by atoms with Gasteiger partial charge >= 0.3 is 0 Å². The van der Waals surface area contributed by atoms with Crippen molar-refractivity contribution in [3.8, 4) is 5.75 Å². The Hall–Kier alpha value is -3.15. The summed E-state index contributed by atoms with van der Waals surface area (Å²) in [6, 6.07) is 11.7. The number of likely N-dealkylation sites (N-methyl/N-ethyl adjacent to an activating group) is 1. The van der Waals surface area contributed by atoms with Gasteiger partial charge in [0.05, 0.1) is 17.7 Å². The minimum Gasteiger partial charge on any atom is -0.492 e. The topological polar surface area (TPSA) is 66.9 Å². The van der Waals surface area contributed by atoms with Gasteiger partial charge in [0.2, 0.25) is 5.91 Å². The van der Waals surface area contributed by atoms with Crippen LogP contribution in [0.25, 0.3) is 0 Å². The highest BCUT2D eigenvalue weighted by Gasteiger charge is 2.41. The predicted molar refractivity (Wildman–Crippen MR) is 105 cm³/mol. The molecule has 0 bridgehead atoms. The van der Waals surface area contributed by atoms with Gasteiger partial charge < -0.3 is 9.64 Å². The quantitative estimate of drug-likeness (QED) is 0.723. The Morgan fingerprint density at radius 1 is 1.04 bits per heavy atom. The van der Waals surface area contributed by atoms with Gasteiger partial charge in [-0.3, -0.25) is 19.3 Å². The van der Waals surface area contributed by atoms with E-state index in [-0.39, 0.29) is 5.91 Å². The summed E-state index contributed by atoms with van der Waals surface area (Å²) >= 11 is 0. The second-order valence-corrected chi connectivity index (χ2v) is 7.13. The molecular formula is C22H24N2O4. The Morgan fingerprint density at radius 3 is 2.11 bits per heavy atom. The molecule has 146 valence electrons. The van der Waals surface area contributed by atoms with Crippen LogP contribution >= 0.6 is 0 Å². The number of benzene rings is 2. The highest BCUT2D eigenvalue weighted by molar-refractivity contribution is 6.22. The molecule has 3 amide bonds. The fraction of sp³-hybridized carbons (Fsp3) is 0.318. The predicted octanol–water partition coefficient (Wildman–Crippen LogP) is 2.83. The molecule has 1 aliphatic heterocycles. The molecule has 1 atom stereocenters. The van der Waals surface area contributed by atoms with Crippen LogP contribution in [0.15, 0.2) is 42.5 Å². The number of carbonyl (C=O) groups is 3. The summed E-state index contributed by atoms with van der Waals surface area (Å²) in [5.74, 6) is -0.409. The van der Waals surface area contributed by atoms with Gasteiger partial charge in [0, 0.05) is 7.05 Å². The number of amides is 3. The van der Waals surface area contributed by atoms with E-state index in [2.05, 4.69) is 6.07 Å². The van der Waals surface area contributed by atoms with Gasteiger partial charge in [-0.25, -0.2) is 0 Å². The zero-order chi connectivity index (χ0) is 20.4. The molecule has 2 aromatic rings. The maximum atomic E-state index is 12.7. The molecule has 6 heteroatoms.